The third-order valence-electron chi connectivity index (χ3n) is 4.25. The van der Waals surface area contributed by atoms with Gasteiger partial charge in [-0.15, -0.1) is 0 Å². The Balaban J connectivity index is 1.72. The van der Waals surface area contributed by atoms with Crippen LogP contribution < -0.4 is 10.6 Å². The van der Waals surface area contributed by atoms with E-state index in [2.05, 4.69) is 10.6 Å². The standard InChI is InChI=1S/C18H20ClN3O5S/c1-12(23)20-15-6-5-13(11-14(15)19)21-18(24)16-7-8-17(27-16)28(25,26)22-9-3-2-4-10-22/h5-8,11H,2-4,9-10H2,1H3,(H,20,23)(H,21,24). The van der Waals surface area contributed by atoms with E-state index in [1.165, 1.54) is 29.4 Å². The molecule has 10 heteroatoms. The quantitative estimate of drug-likeness (QED) is 0.763. The van der Waals surface area contributed by atoms with E-state index in [0.29, 0.717) is 24.5 Å². The first-order valence-corrected chi connectivity index (χ1v) is 10.6. The van der Waals surface area contributed by atoms with Gasteiger partial charge in [-0.3, -0.25) is 9.59 Å². The van der Waals surface area contributed by atoms with E-state index in [4.69, 9.17) is 16.0 Å². The first kappa shape index (κ1) is 20.4. The zero-order chi connectivity index (χ0) is 20.3. The van der Waals surface area contributed by atoms with Crippen molar-refractivity contribution in [3.63, 3.8) is 0 Å². The average Bonchev–Trinajstić information content (AvgIpc) is 3.16. The van der Waals surface area contributed by atoms with Gasteiger partial charge < -0.3 is 15.1 Å². The first-order chi connectivity index (χ1) is 13.3. The summed E-state index contributed by atoms with van der Waals surface area (Å²) >= 11 is 6.08. The molecule has 150 valence electrons. The van der Waals surface area contributed by atoms with Gasteiger partial charge in [0.05, 0.1) is 10.7 Å². The monoisotopic (exact) mass is 425 g/mol. The Labute approximate surface area is 167 Å². The number of nitrogens with zero attached hydrogens (tertiary/aromatic N) is 1. The number of benzene rings is 1. The van der Waals surface area contributed by atoms with Gasteiger partial charge in [-0.25, -0.2) is 8.42 Å². The summed E-state index contributed by atoms with van der Waals surface area (Å²) in [6.07, 6.45) is 2.62. The van der Waals surface area contributed by atoms with E-state index in [1.807, 2.05) is 0 Å². The van der Waals surface area contributed by atoms with Crippen LogP contribution in [0.2, 0.25) is 5.02 Å². The fourth-order valence-electron chi connectivity index (χ4n) is 2.89. The number of carbonyl (C=O) groups is 2. The summed E-state index contributed by atoms with van der Waals surface area (Å²) in [5.74, 6) is -1.00. The molecule has 1 aromatic heterocycles. The molecule has 1 aliphatic heterocycles. The Kier molecular flexibility index (Phi) is 6.07. The van der Waals surface area contributed by atoms with Gasteiger partial charge in [0.25, 0.3) is 15.9 Å². The predicted molar refractivity (Wildman–Crippen MR) is 105 cm³/mol. The molecule has 1 saturated heterocycles. The Morgan fingerprint density at radius 1 is 1.07 bits per heavy atom. The molecule has 8 nitrogen and oxygen atoms in total. The number of halogens is 1. The largest absolute Gasteiger partial charge is 0.438 e. The topological polar surface area (TPSA) is 109 Å². The maximum absolute atomic E-state index is 12.6. The lowest BCUT2D eigenvalue weighted by atomic mass is 10.2. The van der Waals surface area contributed by atoms with Gasteiger partial charge >= 0.3 is 0 Å². The van der Waals surface area contributed by atoms with Crippen molar-refractivity contribution >= 4 is 44.8 Å². The minimum absolute atomic E-state index is 0.127. The molecule has 1 aliphatic rings. The summed E-state index contributed by atoms with van der Waals surface area (Å²) in [5, 5.41) is 5.15. The second-order valence-corrected chi connectivity index (χ2v) is 8.69. The number of piperidine rings is 1. The Morgan fingerprint density at radius 2 is 1.79 bits per heavy atom. The van der Waals surface area contributed by atoms with Crippen molar-refractivity contribution in [2.75, 3.05) is 23.7 Å². The van der Waals surface area contributed by atoms with E-state index in [0.717, 1.165) is 19.3 Å². The zero-order valence-electron chi connectivity index (χ0n) is 15.2. The van der Waals surface area contributed by atoms with Gasteiger partial charge in [-0.1, -0.05) is 18.0 Å². The van der Waals surface area contributed by atoms with Crippen molar-refractivity contribution in [2.24, 2.45) is 0 Å². The molecule has 2 amide bonds. The average molecular weight is 426 g/mol. The smallest absolute Gasteiger partial charge is 0.291 e. The molecule has 0 spiro atoms. The van der Waals surface area contributed by atoms with Gasteiger partial charge in [0, 0.05) is 25.7 Å². The number of nitrogens with one attached hydrogen (secondary N) is 2. The fraction of sp³-hybridized carbons (Fsp3) is 0.333. The van der Waals surface area contributed by atoms with E-state index >= 15 is 0 Å². The van der Waals surface area contributed by atoms with Crippen LogP contribution in [-0.4, -0.2) is 37.6 Å². The van der Waals surface area contributed by atoms with E-state index in [9.17, 15) is 18.0 Å². The normalized spacial score (nSPS) is 15.2. The van der Waals surface area contributed by atoms with Gasteiger partial charge in [0.1, 0.15) is 0 Å². The van der Waals surface area contributed by atoms with Crippen LogP contribution in [0.25, 0.3) is 0 Å². The summed E-state index contributed by atoms with van der Waals surface area (Å²) in [6, 6.07) is 7.18. The lowest BCUT2D eigenvalue weighted by Crippen LogP contribution is -2.35. The van der Waals surface area contributed by atoms with Gasteiger partial charge in [0.2, 0.25) is 11.0 Å². The molecule has 0 bridgehead atoms. The highest BCUT2D eigenvalue weighted by atomic mass is 35.5. The molecule has 2 aromatic rings. The number of sulfonamides is 1. The highest BCUT2D eigenvalue weighted by molar-refractivity contribution is 7.89. The van der Waals surface area contributed by atoms with Crippen molar-refractivity contribution in [3.8, 4) is 0 Å². The minimum atomic E-state index is -3.75. The Morgan fingerprint density at radius 3 is 2.43 bits per heavy atom. The molecule has 0 unspecified atom stereocenters. The summed E-state index contributed by atoms with van der Waals surface area (Å²) in [4.78, 5) is 23.5. The van der Waals surface area contributed by atoms with Crippen LogP contribution in [0, 0.1) is 0 Å². The molecular weight excluding hydrogens is 406 g/mol. The summed E-state index contributed by atoms with van der Waals surface area (Å²) in [7, 11) is -3.75. The summed E-state index contributed by atoms with van der Waals surface area (Å²) in [5.41, 5.74) is 0.793. The number of anilines is 2. The van der Waals surface area contributed by atoms with E-state index in [-0.39, 0.29) is 21.8 Å². The number of carbonyl (C=O) groups excluding carboxylic acids is 2. The predicted octanol–water partition coefficient (Wildman–Crippen LogP) is 3.32. The molecular formula is C18H20ClN3O5S. The zero-order valence-corrected chi connectivity index (χ0v) is 16.8. The third-order valence-corrected chi connectivity index (χ3v) is 6.34. The number of rotatable bonds is 5. The maximum Gasteiger partial charge on any atom is 0.291 e. The molecule has 0 atom stereocenters. The number of furan rings is 1. The van der Waals surface area contributed by atoms with Crippen LogP contribution >= 0.6 is 11.6 Å². The molecule has 0 saturated carbocycles. The number of amides is 2. The van der Waals surface area contributed by atoms with Crippen LogP contribution in [0.1, 0.15) is 36.7 Å². The fourth-order valence-corrected chi connectivity index (χ4v) is 4.55. The van der Waals surface area contributed by atoms with Gasteiger partial charge in [-0.05, 0) is 43.2 Å². The molecule has 2 heterocycles. The highest BCUT2D eigenvalue weighted by Gasteiger charge is 2.29. The molecule has 2 N–H and O–H groups in total. The molecule has 1 fully saturated rings. The highest BCUT2D eigenvalue weighted by Crippen LogP contribution is 2.27. The Bertz CT molecular complexity index is 996. The Hall–Kier alpha value is -2.36. The van der Waals surface area contributed by atoms with Crippen LogP contribution in [0.4, 0.5) is 11.4 Å². The van der Waals surface area contributed by atoms with Gasteiger partial charge in [0.15, 0.2) is 5.76 Å². The van der Waals surface area contributed by atoms with Crippen molar-refractivity contribution < 1.29 is 22.4 Å². The number of hydrogen-bond donors (Lipinski definition) is 2. The summed E-state index contributed by atoms with van der Waals surface area (Å²) < 4.78 is 31.9. The maximum atomic E-state index is 12.6. The second-order valence-electron chi connectivity index (χ2n) is 6.41. The molecule has 28 heavy (non-hydrogen) atoms. The van der Waals surface area contributed by atoms with Crippen LogP contribution in [0.3, 0.4) is 0 Å². The van der Waals surface area contributed by atoms with Crippen molar-refractivity contribution in [1.29, 1.82) is 0 Å². The molecule has 1 aromatic carbocycles. The van der Waals surface area contributed by atoms with Crippen LogP contribution in [-0.2, 0) is 14.8 Å². The SMILES string of the molecule is CC(=O)Nc1ccc(NC(=O)c2ccc(S(=O)(=O)N3CCCCC3)o2)cc1Cl. The summed E-state index contributed by atoms with van der Waals surface area (Å²) in [6.45, 7) is 2.26. The van der Waals surface area contributed by atoms with Crippen LogP contribution in [0.15, 0.2) is 39.8 Å². The number of hydrogen-bond acceptors (Lipinski definition) is 5. The second kappa shape index (κ2) is 8.34. The lowest BCUT2D eigenvalue weighted by molar-refractivity contribution is -0.114. The van der Waals surface area contributed by atoms with Crippen molar-refractivity contribution in [1.82, 2.24) is 4.31 Å². The molecule has 3 rings (SSSR count). The van der Waals surface area contributed by atoms with E-state index in [1.54, 1.807) is 12.1 Å². The van der Waals surface area contributed by atoms with E-state index < -0.39 is 15.9 Å². The van der Waals surface area contributed by atoms with Crippen LogP contribution in [0.5, 0.6) is 0 Å². The van der Waals surface area contributed by atoms with Crippen molar-refractivity contribution in [3.05, 3.63) is 41.1 Å². The lowest BCUT2D eigenvalue weighted by Gasteiger charge is -2.24. The third kappa shape index (κ3) is 4.54. The minimum Gasteiger partial charge on any atom is -0.438 e. The first-order valence-electron chi connectivity index (χ1n) is 8.76. The van der Waals surface area contributed by atoms with Crippen molar-refractivity contribution in [2.45, 2.75) is 31.3 Å². The molecule has 0 radical (unpaired) electrons. The van der Waals surface area contributed by atoms with Gasteiger partial charge in [-0.2, -0.15) is 4.31 Å². The molecule has 0 aliphatic carbocycles.